The second kappa shape index (κ2) is 7.32. The Morgan fingerprint density at radius 1 is 1.35 bits per heavy atom. The Morgan fingerprint density at radius 2 is 2.10 bits per heavy atom. The van der Waals surface area contributed by atoms with Crippen LogP contribution in [-0.4, -0.2) is 12.5 Å². The van der Waals surface area contributed by atoms with E-state index < -0.39 is 0 Å². The maximum Gasteiger partial charge on any atom is 0.224 e. The molecule has 0 aromatic heterocycles. The first kappa shape index (κ1) is 14.9. The van der Waals surface area contributed by atoms with Crippen molar-refractivity contribution in [1.82, 2.24) is 0 Å². The van der Waals surface area contributed by atoms with Gasteiger partial charge in [-0.2, -0.15) is 0 Å². The molecule has 0 spiro atoms. The lowest BCUT2D eigenvalue weighted by Gasteiger charge is -2.12. The third kappa shape index (κ3) is 4.87. The van der Waals surface area contributed by atoms with Crippen molar-refractivity contribution in [2.75, 3.05) is 11.9 Å². The molecule has 1 aromatic rings. The van der Waals surface area contributed by atoms with E-state index in [0.29, 0.717) is 24.9 Å². The van der Waals surface area contributed by atoms with Gasteiger partial charge in [0, 0.05) is 18.2 Å². The Hall–Kier alpha value is -1.51. The zero-order valence-corrected chi connectivity index (χ0v) is 12.5. The fourth-order valence-corrected chi connectivity index (χ4v) is 2.62. The Morgan fingerprint density at radius 3 is 2.80 bits per heavy atom. The van der Waals surface area contributed by atoms with Crippen LogP contribution >= 0.6 is 0 Å². The maximum atomic E-state index is 12.0. The third-order valence-corrected chi connectivity index (χ3v) is 3.65. The molecular weight excluding hydrogens is 250 g/mol. The van der Waals surface area contributed by atoms with Crippen molar-refractivity contribution in [3.05, 3.63) is 24.3 Å². The van der Waals surface area contributed by atoms with E-state index in [4.69, 9.17) is 4.74 Å². The fourth-order valence-electron chi connectivity index (χ4n) is 2.62. The summed E-state index contributed by atoms with van der Waals surface area (Å²) in [6, 6.07) is 7.65. The molecule has 0 atom stereocenters. The number of ether oxygens (including phenoxy) is 1. The van der Waals surface area contributed by atoms with Gasteiger partial charge in [0.1, 0.15) is 5.75 Å². The van der Waals surface area contributed by atoms with E-state index >= 15 is 0 Å². The van der Waals surface area contributed by atoms with Crippen molar-refractivity contribution in [3.8, 4) is 5.75 Å². The average molecular weight is 275 g/mol. The molecule has 1 aliphatic carbocycles. The van der Waals surface area contributed by atoms with Crippen LogP contribution in [0.4, 0.5) is 5.69 Å². The van der Waals surface area contributed by atoms with Crippen LogP contribution in [-0.2, 0) is 4.79 Å². The average Bonchev–Trinajstić information content (AvgIpc) is 2.89. The summed E-state index contributed by atoms with van der Waals surface area (Å²) < 4.78 is 5.67. The molecule has 0 bridgehead atoms. The van der Waals surface area contributed by atoms with Crippen molar-refractivity contribution < 1.29 is 9.53 Å². The van der Waals surface area contributed by atoms with Crippen LogP contribution in [0.5, 0.6) is 5.75 Å². The van der Waals surface area contributed by atoms with Crippen LogP contribution in [0.25, 0.3) is 0 Å². The molecule has 3 heteroatoms. The van der Waals surface area contributed by atoms with E-state index in [1.165, 1.54) is 25.7 Å². The van der Waals surface area contributed by atoms with Crippen molar-refractivity contribution in [1.29, 1.82) is 0 Å². The van der Waals surface area contributed by atoms with Gasteiger partial charge >= 0.3 is 0 Å². The fraction of sp³-hybridized carbons (Fsp3) is 0.588. The van der Waals surface area contributed by atoms with Crippen LogP contribution in [0, 0.1) is 11.8 Å². The van der Waals surface area contributed by atoms with E-state index in [1.54, 1.807) is 0 Å². The number of amides is 1. The van der Waals surface area contributed by atoms with E-state index in [-0.39, 0.29) is 5.91 Å². The summed E-state index contributed by atoms with van der Waals surface area (Å²) in [6.07, 6.45) is 5.60. The molecule has 1 saturated carbocycles. The number of nitrogens with one attached hydrogen (secondary N) is 1. The van der Waals surface area contributed by atoms with Crippen LogP contribution in [0.15, 0.2) is 24.3 Å². The standard InChI is InChI=1S/C17H25NO2/c1-13(2)12-20-16-9-5-8-15(11-16)18-17(19)10-14-6-3-4-7-14/h5,8-9,11,13-14H,3-4,6-7,10,12H2,1-2H3,(H,18,19). The molecule has 2 rings (SSSR count). The lowest BCUT2D eigenvalue weighted by atomic mass is 10.0. The molecule has 0 unspecified atom stereocenters. The van der Waals surface area contributed by atoms with Gasteiger partial charge in [0.05, 0.1) is 6.61 Å². The summed E-state index contributed by atoms with van der Waals surface area (Å²) in [4.78, 5) is 12.0. The highest BCUT2D eigenvalue weighted by Crippen LogP contribution is 2.28. The zero-order chi connectivity index (χ0) is 14.4. The SMILES string of the molecule is CC(C)COc1cccc(NC(=O)CC2CCCC2)c1. The van der Waals surface area contributed by atoms with Gasteiger partial charge in [0.25, 0.3) is 0 Å². The minimum atomic E-state index is 0.123. The lowest BCUT2D eigenvalue weighted by Crippen LogP contribution is -2.15. The molecule has 0 heterocycles. The largest absolute Gasteiger partial charge is 0.493 e. The molecule has 0 saturated heterocycles. The Balaban J connectivity index is 1.85. The molecule has 3 nitrogen and oxygen atoms in total. The van der Waals surface area contributed by atoms with Gasteiger partial charge in [-0.3, -0.25) is 4.79 Å². The highest BCUT2D eigenvalue weighted by molar-refractivity contribution is 5.91. The first-order chi connectivity index (χ1) is 9.63. The molecular formula is C17H25NO2. The first-order valence-electron chi connectivity index (χ1n) is 7.66. The van der Waals surface area contributed by atoms with Crippen molar-refractivity contribution in [2.24, 2.45) is 11.8 Å². The molecule has 20 heavy (non-hydrogen) atoms. The minimum Gasteiger partial charge on any atom is -0.493 e. The quantitative estimate of drug-likeness (QED) is 0.843. The molecule has 1 fully saturated rings. The molecule has 110 valence electrons. The Bertz CT molecular complexity index is 436. The molecule has 1 N–H and O–H groups in total. The lowest BCUT2D eigenvalue weighted by molar-refractivity contribution is -0.117. The van der Waals surface area contributed by atoms with Crippen molar-refractivity contribution >= 4 is 11.6 Å². The summed E-state index contributed by atoms with van der Waals surface area (Å²) in [5.41, 5.74) is 0.828. The molecule has 1 amide bonds. The van der Waals surface area contributed by atoms with E-state index in [9.17, 15) is 4.79 Å². The van der Waals surface area contributed by atoms with Crippen LogP contribution < -0.4 is 10.1 Å². The first-order valence-corrected chi connectivity index (χ1v) is 7.66. The van der Waals surface area contributed by atoms with Gasteiger partial charge in [-0.25, -0.2) is 0 Å². The van der Waals surface area contributed by atoms with E-state index in [2.05, 4.69) is 19.2 Å². The van der Waals surface area contributed by atoms with Crippen LogP contribution in [0.2, 0.25) is 0 Å². The highest BCUT2D eigenvalue weighted by atomic mass is 16.5. The summed E-state index contributed by atoms with van der Waals surface area (Å²) in [5.74, 6) is 2.02. The van der Waals surface area contributed by atoms with Crippen LogP contribution in [0.1, 0.15) is 46.0 Å². The van der Waals surface area contributed by atoms with Gasteiger partial charge in [-0.15, -0.1) is 0 Å². The maximum absolute atomic E-state index is 12.0. The number of hydrogen-bond donors (Lipinski definition) is 1. The van der Waals surface area contributed by atoms with Crippen molar-refractivity contribution in [2.45, 2.75) is 46.0 Å². The molecule has 1 aliphatic rings. The smallest absolute Gasteiger partial charge is 0.224 e. The number of carbonyl (C=O) groups excluding carboxylic acids is 1. The number of carbonyl (C=O) groups is 1. The highest BCUT2D eigenvalue weighted by Gasteiger charge is 2.18. The molecule has 0 aliphatic heterocycles. The monoisotopic (exact) mass is 275 g/mol. The Labute approximate surface area is 121 Å². The summed E-state index contributed by atoms with van der Waals surface area (Å²) in [7, 11) is 0. The molecule has 0 radical (unpaired) electrons. The second-order valence-corrected chi connectivity index (χ2v) is 6.14. The zero-order valence-electron chi connectivity index (χ0n) is 12.5. The van der Waals surface area contributed by atoms with Crippen molar-refractivity contribution in [3.63, 3.8) is 0 Å². The van der Waals surface area contributed by atoms with Gasteiger partial charge < -0.3 is 10.1 Å². The normalized spacial score (nSPS) is 15.6. The van der Waals surface area contributed by atoms with Gasteiger partial charge in [-0.05, 0) is 36.8 Å². The number of benzene rings is 1. The Kier molecular flexibility index (Phi) is 5.45. The van der Waals surface area contributed by atoms with E-state index in [0.717, 1.165) is 11.4 Å². The second-order valence-electron chi connectivity index (χ2n) is 6.14. The van der Waals surface area contributed by atoms with E-state index in [1.807, 2.05) is 24.3 Å². The van der Waals surface area contributed by atoms with Crippen LogP contribution in [0.3, 0.4) is 0 Å². The van der Waals surface area contributed by atoms with Gasteiger partial charge in [0.2, 0.25) is 5.91 Å². The van der Waals surface area contributed by atoms with Gasteiger partial charge in [-0.1, -0.05) is 32.8 Å². The predicted molar refractivity (Wildman–Crippen MR) is 82.0 cm³/mol. The minimum absolute atomic E-state index is 0.123. The predicted octanol–water partition coefficient (Wildman–Crippen LogP) is 4.24. The molecule has 1 aromatic carbocycles. The number of anilines is 1. The third-order valence-electron chi connectivity index (χ3n) is 3.65. The topological polar surface area (TPSA) is 38.3 Å². The summed E-state index contributed by atoms with van der Waals surface area (Å²) in [5, 5.41) is 2.98. The summed E-state index contributed by atoms with van der Waals surface area (Å²) in [6.45, 7) is 4.93. The number of hydrogen-bond acceptors (Lipinski definition) is 2. The number of rotatable bonds is 6. The van der Waals surface area contributed by atoms with Gasteiger partial charge in [0.15, 0.2) is 0 Å². The summed E-state index contributed by atoms with van der Waals surface area (Å²) >= 11 is 0.